The van der Waals surface area contributed by atoms with E-state index >= 15 is 0 Å². The molecule has 0 spiro atoms. The molecule has 1 atom stereocenters. The molecule has 1 aliphatic rings. The Hall–Kier alpha value is -2.14. The van der Waals surface area contributed by atoms with Crippen molar-refractivity contribution in [2.24, 2.45) is 0 Å². The van der Waals surface area contributed by atoms with Crippen molar-refractivity contribution in [3.63, 3.8) is 0 Å². The highest BCUT2D eigenvalue weighted by atomic mass is 16.5. The molecule has 1 saturated heterocycles. The summed E-state index contributed by atoms with van der Waals surface area (Å²) in [5, 5.41) is 3.04. The summed E-state index contributed by atoms with van der Waals surface area (Å²) in [5.41, 5.74) is 0.969. The molecular weight excluding hydrogens is 266 g/mol. The predicted molar refractivity (Wildman–Crippen MR) is 81.5 cm³/mol. The maximum Gasteiger partial charge on any atom is 0.219 e. The summed E-state index contributed by atoms with van der Waals surface area (Å²) in [5.74, 6) is 1.97. The highest BCUT2D eigenvalue weighted by Gasteiger charge is 2.17. The monoisotopic (exact) mass is 285 g/mol. The predicted octanol–water partition coefficient (Wildman–Crippen LogP) is 2.74. The van der Waals surface area contributed by atoms with E-state index in [-0.39, 0.29) is 6.10 Å². The van der Waals surface area contributed by atoms with Crippen molar-refractivity contribution < 1.29 is 9.47 Å². The van der Waals surface area contributed by atoms with Gasteiger partial charge in [0.15, 0.2) is 5.82 Å². The van der Waals surface area contributed by atoms with Crippen molar-refractivity contribution in [3.05, 3.63) is 36.4 Å². The lowest BCUT2D eigenvalue weighted by molar-refractivity contribution is 0.0663. The van der Waals surface area contributed by atoms with E-state index in [1.54, 1.807) is 6.07 Å². The Morgan fingerprint density at radius 2 is 2.14 bits per heavy atom. The molecule has 0 radical (unpaired) electrons. The van der Waals surface area contributed by atoms with Crippen LogP contribution in [0.3, 0.4) is 0 Å². The molecule has 5 nitrogen and oxygen atoms in total. The summed E-state index contributed by atoms with van der Waals surface area (Å²) in [4.78, 5) is 8.95. The van der Waals surface area contributed by atoms with Crippen LogP contribution in [0.1, 0.15) is 12.8 Å². The Kier molecular flexibility index (Phi) is 4.31. The molecule has 2 heterocycles. The third-order valence-corrected chi connectivity index (χ3v) is 3.43. The highest BCUT2D eigenvalue weighted by molar-refractivity contribution is 5.58. The van der Waals surface area contributed by atoms with Gasteiger partial charge in [0.1, 0.15) is 12.4 Å². The lowest BCUT2D eigenvalue weighted by Gasteiger charge is -2.12. The number of benzene rings is 1. The number of ether oxygens (including phenoxy) is 2. The van der Waals surface area contributed by atoms with Gasteiger partial charge in [-0.15, -0.1) is 0 Å². The van der Waals surface area contributed by atoms with Gasteiger partial charge in [0, 0.05) is 25.3 Å². The first kappa shape index (κ1) is 13.8. The summed E-state index contributed by atoms with van der Waals surface area (Å²) in [7, 11) is 1.83. The van der Waals surface area contributed by atoms with Gasteiger partial charge in [-0.3, -0.25) is 0 Å². The number of hydrogen-bond acceptors (Lipinski definition) is 5. The molecule has 1 unspecified atom stereocenters. The molecule has 21 heavy (non-hydrogen) atoms. The summed E-state index contributed by atoms with van der Waals surface area (Å²) in [6.07, 6.45) is 2.34. The Labute approximate surface area is 124 Å². The fourth-order valence-corrected chi connectivity index (χ4v) is 2.30. The smallest absolute Gasteiger partial charge is 0.219 e. The summed E-state index contributed by atoms with van der Waals surface area (Å²) >= 11 is 0. The Balaban J connectivity index is 1.79. The van der Waals surface area contributed by atoms with Gasteiger partial charge in [0.2, 0.25) is 5.88 Å². The van der Waals surface area contributed by atoms with Crippen LogP contribution in [0, 0.1) is 0 Å². The Morgan fingerprint density at radius 1 is 1.29 bits per heavy atom. The summed E-state index contributed by atoms with van der Waals surface area (Å²) < 4.78 is 11.3. The molecule has 1 N–H and O–H groups in total. The van der Waals surface area contributed by atoms with Crippen molar-refractivity contribution in [1.82, 2.24) is 9.97 Å². The molecule has 1 fully saturated rings. The average molecular weight is 285 g/mol. The molecule has 2 aromatic rings. The van der Waals surface area contributed by atoms with Crippen molar-refractivity contribution in [1.29, 1.82) is 0 Å². The quantitative estimate of drug-likeness (QED) is 0.915. The molecular formula is C16H19N3O2. The average Bonchev–Trinajstić information content (AvgIpc) is 3.07. The van der Waals surface area contributed by atoms with Gasteiger partial charge in [-0.2, -0.15) is 4.98 Å². The summed E-state index contributed by atoms with van der Waals surface area (Å²) in [6.45, 7) is 1.36. The van der Waals surface area contributed by atoms with Crippen molar-refractivity contribution in [2.45, 2.75) is 18.9 Å². The SMILES string of the molecule is CNc1cc(OCC2CCCO2)nc(-c2ccccc2)n1. The number of rotatable bonds is 5. The molecule has 3 rings (SSSR count). The van der Waals surface area contributed by atoms with E-state index in [1.807, 2.05) is 37.4 Å². The maximum atomic E-state index is 5.78. The summed E-state index contributed by atoms with van der Waals surface area (Å²) in [6, 6.07) is 11.7. The van der Waals surface area contributed by atoms with Crippen LogP contribution in [0.2, 0.25) is 0 Å². The van der Waals surface area contributed by atoms with E-state index < -0.39 is 0 Å². The number of nitrogens with one attached hydrogen (secondary N) is 1. The minimum absolute atomic E-state index is 0.179. The molecule has 110 valence electrons. The van der Waals surface area contributed by atoms with Gasteiger partial charge in [-0.1, -0.05) is 30.3 Å². The molecule has 0 saturated carbocycles. The highest BCUT2D eigenvalue weighted by Crippen LogP contribution is 2.22. The first-order chi connectivity index (χ1) is 10.3. The van der Waals surface area contributed by atoms with E-state index in [0.717, 1.165) is 30.8 Å². The molecule has 0 bridgehead atoms. The first-order valence-electron chi connectivity index (χ1n) is 7.22. The zero-order valence-corrected chi connectivity index (χ0v) is 12.1. The van der Waals surface area contributed by atoms with Crippen molar-refractivity contribution >= 4 is 5.82 Å². The third-order valence-electron chi connectivity index (χ3n) is 3.43. The van der Waals surface area contributed by atoms with Crippen LogP contribution in [0.15, 0.2) is 36.4 Å². The Bertz CT molecular complexity index is 583. The minimum atomic E-state index is 0.179. The van der Waals surface area contributed by atoms with Crippen LogP contribution < -0.4 is 10.1 Å². The number of nitrogens with zero attached hydrogens (tertiary/aromatic N) is 2. The number of hydrogen-bond donors (Lipinski definition) is 1. The van der Waals surface area contributed by atoms with E-state index in [1.165, 1.54) is 0 Å². The molecule has 1 aromatic heterocycles. The molecule has 5 heteroatoms. The second-order valence-corrected chi connectivity index (χ2v) is 4.98. The standard InChI is InChI=1S/C16H19N3O2/c1-17-14-10-15(21-11-13-8-5-9-20-13)19-16(18-14)12-6-3-2-4-7-12/h2-4,6-7,10,13H,5,8-9,11H2,1H3,(H,17,18,19). The van der Waals surface area contributed by atoms with Gasteiger partial charge >= 0.3 is 0 Å². The van der Waals surface area contributed by atoms with E-state index in [4.69, 9.17) is 9.47 Å². The number of anilines is 1. The van der Waals surface area contributed by atoms with Gasteiger partial charge in [-0.25, -0.2) is 4.98 Å². The molecule has 1 aliphatic heterocycles. The number of aromatic nitrogens is 2. The fourth-order valence-electron chi connectivity index (χ4n) is 2.30. The normalized spacial score (nSPS) is 17.7. The second-order valence-electron chi connectivity index (χ2n) is 4.98. The maximum absolute atomic E-state index is 5.78. The van der Waals surface area contributed by atoms with Crippen LogP contribution >= 0.6 is 0 Å². The second kappa shape index (κ2) is 6.54. The zero-order chi connectivity index (χ0) is 14.5. The third kappa shape index (κ3) is 3.49. The van der Waals surface area contributed by atoms with Crippen LogP contribution in [0.5, 0.6) is 5.88 Å². The fraction of sp³-hybridized carbons (Fsp3) is 0.375. The Morgan fingerprint density at radius 3 is 2.86 bits per heavy atom. The van der Waals surface area contributed by atoms with Crippen LogP contribution in [-0.2, 0) is 4.74 Å². The van der Waals surface area contributed by atoms with Crippen LogP contribution in [-0.4, -0.2) is 36.3 Å². The topological polar surface area (TPSA) is 56.3 Å². The molecule has 1 aromatic carbocycles. The van der Waals surface area contributed by atoms with Gasteiger partial charge < -0.3 is 14.8 Å². The lowest BCUT2D eigenvalue weighted by Crippen LogP contribution is -2.17. The van der Waals surface area contributed by atoms with Crippen molar-refractivity contribution in [3.8, 4) is 17.3 Å². The molecule has 0 amide bonds. The first-order valence-corrected chi connectivity index (χ1v) is 7.22. The lowest BCUT2D eigenvalue weighted by atomic mass is 10.2. The zero-order valence-electron chi connectivity index (χ0n) is 12.1. The largest absolute Gasteiger partial charge is 0.475 e. The van der Waals surface area contributed by atoms with E-state index in [2.05, 4.69) is 15.3 Å². The van der Waals surface area contributed by atoms with Gasteiger partial charge in [0.05, 0.1) is 6.10 Å². The van der Waals surface area contributed by atoms with E-state index in [0.29, 0.717) is 18.3 Å². The van der Waals surface area contributed by atoms with Gasteiger partial charge in [0.25, 0.3) is 0 Å². The van der Waals surface area contributed by atoms with Crippen LogP contribution in [0.25, 0.3) is 11.4 Å². The minimum Gasteiger partial charge on any atom is -0.475 e. The van der Waals surface area contributed by atoms with E-state index in [9.17, 15) is 0 Å². The van der Waals surface area contributed by atoms with Crippen LogP contribution in [0.4, 0.5) is 5.82 Å². The molecule has 0 aliphatic carbocycles. The van der Waals surface area contributed by atoms with Gasteiger partial charge in [-0.05, 0) is 12.8 Å². The van der Waals surface area contributed by atoms with Crippen molar-refractivity contribution in [2.75, 3.05) is 25.6 Å².